The van der Waals surface area contributed by atoms with E-state index in [0.717, 1.165) is 38.2 Å². The number of halogens is 1. The van der Waals surface area contributed by atoms with Gasteiger partial charge in [0.2, 0.25) is 5.91 Å². The van der Waals surface area contributed by atoms with E-state index in [9.17, 15) is 18.8 Å². The van der Waals surface area contributed by atoms with Crippen molar-refractivity contribution in [1.29, 1.82) is 0 Å². The van der Waals surface area contributed by atoms with Gasteiger partial charge in [-0.05, 0) is 48.5 Å². The van der Waals surface area contributed by atoms with Crippen LogP contribution in [-0.2, 0) is 9.59 Å². The molecule has 3 aromatic rings. The van der Waals surface area contributed by atoms with E-state index in [-0.39, 0.29) is 35.2 Å². The predicted octanol–water partition coefficient (Wildman–Crippen LogP) is 4.63. The second kappa shape index (κ2) is 10.2. The van der Waals surface area contributed by atoms with Gasteiger partial charge in [-0.15, -0.1) is 0 Å². The Hall–Kier alpha value is -3.17. The number of imide groups is 1. The minimum atomic E-state index is -0.493. The van der Waals surface area contributed by atoms with Gasteiger partial charge in [0, 0.05) is 24.0 Å². The molecular weight excluding hydrogens is 461 g/mol. The molecule has 1 aliphatic heterocycles. The fourth-order valence-electron chi connectivity index (χ4n) is 3.32. The average molecular weight is 482 g/mol. The normalized spacial score (nSPS) is 15.0. The Labute approximate surface area is 198 Å². The highest BCUT2D eigenvalue weighted by molar-refractivity contribution is 8.18. The number of nitrogens with zero attached hydrogens (tertiary/aromatic N) is 2. The van der Waals surface area contributed by atoms with Crippen molar-refractivity contribution in [3.8, 4) is 0 Å². The van der Waals surface area contributed by atoms with Crippen molar-refractivity contribution >= 4 is 57.6 Å². The Balaban J connectivity index is 1.28. The molecule has 2 heterocycles. The molecule has 0 spiro atoms. The third-order valence-corrected chi connectivity index (χ3v) is 6.79. The Morgan fingerprint density at radius 1 is 1.18 bits per heavy atom. The largest absolute Gasteiger partial charge is 0.354 e. The molecule has 9 heteroatoms. The summed E-state index contributed by atoms with van der Waals surface area (Å²) in [5.74, 6) is -1.01. The molecule has 168 valence electrons. The molecule has 4 rings (SSSR count). The van der Waals surface area contributed by atoms with Crippen molar-refractivity contribution < 1.29 is 18.8 Å². The molecular formula is C24H20FN3O3S2. The van der Waals surface area contributed by atoms with Gasteiger partial charge >= 0.3 is 0 Å². The van der Waals surface area contributed by atoms with E-state index < -0.39 is 17.0 Å². The first-order valence-corrected chi connectivity index (χ1v) is 12.0. The number of rotatable bonds is 7. The zero-order valence-corrected chi connectivity index (χ0v) is 19.3. The smallest absolute Gasteiger partial charge is 0.293 e. The van der Waals surface area contributed by atoms with E-state index in [4.69, 9.17) is 0 Å². The van der Waals surface area contributed by atoms with Crippen LogP contribution >= 0.6 is 23.5 Å². The first-order valence-electron chi connectivity index (χ1n) is 10.2. The van der Waals surface area contributed by atoms with Gasteiger partial charge in [-0.1, -0.05) is 48.2 Å². The second-order valence-electron chi connectivity index (χ2n) is 7.29. The van der Waals surface area contributed by atoms with Gasteiger partial charge in [-0.2, -0.15) is 0 Å². The summed E-state index contributed by atoms with van der Waals surface area (Å²) in [4.78, 5) is 42.7. The van der Waals surface area contributed by atoms with E-state index in [1.807, 2.05) is 37.3 Å². The second-order valence-corrected chi connectivity index (χ2v) is 9.28. The monoisotopic (exact) mass is 481 g/mol. The van der Waals surface area contributed by atoms with Gasteiger partial charge in [0.05, 0.1) is 21.2 Å². The standard InChI is InChI=1S/C24H20FN3O3S2/c1-15-12-22(27-19-9-5-3-7-17(15)19)32-14-21(29)26-10-11-28-23(30)20(33-24(28)31)13-16-6-2-4-8-18(16)25/h2-9,12-13H,10-11,14H2,1H3,(H,26,29)/b20-13+. The van der Waals surface area contributed by atoms with Crippen LogP contribution in [0, 0.1) is 12.7 Å². The summed E-state index contributed by atoms with van der Waals surface area (Å²) >= 11 is 2.09. The molecule has 1 saturated heterocycles. The van der Waals surface area contributed by atoms with Crippen molar-refractivity contribution in [2.45, 2.75) is 11.9 Å². The zero-order chi connectivity index (χ0) is 23.4. The van der Waals surface area contributed by atoms with E-state index >= 15 is 0 Å². The quantitative estimate of drug-likeness (QED) is 0.392. The van der Waals surface area contributed by atoms with Gasteiger partial charge < -0.3 is 5.32 Å². The minimum absolute atomic E-state index is 0.0447. The van der Waals surface area contributed by atoms with Crippen LogP contribution in [0.2, 0.25) is 0 Å². The number of aromatic nitrogens is 1. The van der Waals surface area contributed by atoms with E-state index in [2.05, 4.69) is 10.3 Å². The lowest BCUT2D eigenvalue weighted by Gasteiger charge is -2.13. The van der Waals surface area contributed by atoms with Crippen LogP contribution in [-0.4, -0.2) is 45.8 Å². The Morgan fingerprint density at radius 3 is 2.76 bits per heavy atom. The third kappa shape index (κ3) is 5.43. The van der Waals surface area contributed by atoms with E-state index in [1.54, 1.807) is 12.1 Å². The molecule has 1 fully saturated rings. The minimum Gasteiger partial charge on any atom is -0.354 e. The number of benzene rings is 2. The first kappa shape index (κ1) is 23.0. The number of hydrogen-bond donors (Lipinski definition) is 1. The molecule has 0 atom stereocenters. The van der Waals surface area contributed by atoms with Gasteiger partial charge in [0.15, 0.2) is 0 Å². The third-order valence-electron chi connectivity index (χ3n) is 4.97. The summed E-state index contributed by atoms with van der Waals surface area (Å²) in [5.41, 5.74) is 2.21. The molecule has 3 amide bonds. The summed E-state index contributed by atoms with van der Waals surface area (Å²) in [6, 6.07) is 15.8. The number of carbonyl (C=O) groups excluding carboxylic acids is 3. The van der Waals surface area contributed by atoms with Crippen LogP contribution < -0.4 is 5.32 Å². The van der Waals surface area contributed by atoms with Crippen LogP contribution in [0.1, 0.15) is 11.1 Å². The number of fused-ring (bicyclic) bond motifs is 1. The number of thioether (sulfide) groups is 2. The van der Waals surface area contributed by atoms with Gasteiger partial charge in [-0.25, -0.2) is 9.37 Å². The molecule has 0 aliphatic carbocycles. The molecule has 2 aromatic carbocycles. The fourth-order valence-corrected chi connectivity index (χ4v) is 4.98. The summed E-state index contributed by atoms with van der Waals surface area (Å²) < 4.78 is 13.8. The van der Waals surface area contributed by atoms with E-state index in [0.29, 0.717) is 0 Å². The highest BCUT2D eigenvalue weighted by Gasteiger charge is 2.34. The van der Waals surface area contributed by atoms with Crippen LogP contribution in [0.15, 0.2) is 64.5 Å². The van der Waals surface area contributed by atoms with Crippen LogP contribution in [0.5, 0.6) is 0 Å². The Bertz CT molecular complexity index is 1280. The fraction of sp³-hybridized carbons (Fsp3) is 0.167. The molecule has 6 nitrogen and oxygen atoms in total. The number of aryl methyl sites for hydroxylation is 1. The maximum absolute atomic E-state index is 13.8. The summed E-state index contributed by atoms with van der Waals surface area (Å²) in [6.07, 6.45) is 1.37. The van der Waals surface area contributed by atoms with Crippen molar-refractivity contribution in [2.24, 2.45) is 0 Å². The summed E-state index contributed by atoms with van der Waals surface area (Å²) in [7, 11) is 0. The summed E-state index contributed by atoms with van der Waals surface area (Å²) in [6.45, 7) is 2.18. The lowest BCUT2D eigenvalue weighted by molar-refractivity contribution is -0.123. The number of hydrogen-bond acceptors (Lipinski definition) is 6. The molecule has 1 aromatic heterocycles. The van der Waals surface area contributed by atoms with Gasteiger partial charge in [0.1, 0.15) is 5.82 Å². The molecule has 0 unspecified atom stereocenters. The molecule has 0 saturated carbocycles. The highest BCUT2D eigenvalue weighted by atomic mass is 32.2. The molecule has 1 N–H and O–H groups in total. The lowest BCUT2D eigenvalue weighted by atomic mass is 10.1. The molecule has 0 bridgehead atoms. The van der Waals surface area contributed by atoms with Crippen LogP contribution in [0.3, 0.4) is 0 Å². The number of pyridine rings is 1. The maximum atomic E-state index is 13.8. The number of para-hydroxylation sites is 1. The number of amides is 3. The number of nitrogens with one attached hydrogen (secondary N) is 1. The highest BCUT2D eigenvalue weighted by Crippen LogP contribution is 2.32. The van der Waals surface area contributed by atoms with Crippen LogP contribution in [0.4, 0.5) is 9.18 Å². The zero-order valence-electron chi connectivity index (χ0n) is 17.7. The first-order chi connectivity index (χ1) is 15.9. The maximum Gasteiger partial charge on any atom is 0.293 e. The van der Waals surface area contributed by atoms with Crippen LogP contribution in [0.25, 0.3) is 17.0 Å². The SMILES string of the molecule is Cc1cc(SCC(=O)NCCN2C(=O)S/C(=C/c3ccccc3F)C2=O)nc2ccccc12. The van der Waals surface area contributed by atoms with Crippen molar-refractivity contribution in [2.75, 3.05) is 18.8 Å². The predicted molar refractivity (Wildman–Crippen MR) is 129 cm³/mol. The van der Waals surface area contributed by atoms with Gasteiger partial charge in [0.25, 0.3) is 11.1 Å². The van der Waals surface area contributed by atoms with E-state index in [1.165, 1.54) is 30.0 Å². The lowest BCUT2D eigenvalue weighted by Crippen LogP contribution is -2.37. The molecule has 1 aliphatic rings. The topological polar surface area (TPSA) is 79.4 Å². The average Bonchev–Trinajstić information content (AvgIpc) is 3.06. The Kier molecular flexibility index (Phi) is 7.10. The van der Waals surface area contributed by atoms with Gasteiger partial charge in [-0.3, -0.25) is 19.3 Å². The van der Waals surface area contributed by atoms with Crippen molar-refractivity contribution in [1.82, 2.24) is 15.2 Å². The summed E-state index contributed by atoms with van der Waals surface area (Å²) in [5, 5.41) is 4.11. The van der Waals surface area contributed by atoms with Crippen molar-refractivity contribution in [3.63, 3.8) is 0 Å². The molecule has 0 radical (unpaired) electrons. The number of carbonyl (C=O) groups is 3. The Morgan fingerprint density at radius 2 is 1.94 bits per heavy atom. The molecule has 33 heavy (non-hydrogen) atoms. The van der Waals surface area contributed by atoms with Crippen molar-refractivity contribution in [3.05, 3.63) is 76.4 Å².